The van der Waals surface area contributed by atoms with Crippen molar-refractivity contribution in [3.63, 3.8) is 0 Å². The van der Waals surface area contributed by atoms with Crippen LogP contribution in [0.4, 0.5) is 0 Å². The van der Waals surface area contributed by atoms with Gasteiger partial charge in [-0.05, 0) is 50.1 Å². The van der Waals surface area contributed by atoms with Crippen LogP contribution in [0, 0.1) is 5.92 Å². The number of Topliss-reactive ketones (excluding diaryl/α,β-unsaturated/α-hetero) is 1. The summed E-state index contributed by atoms with van der Waals surface area (Å²) in [6, 6.07) is 7.19. The quantitative estimate of drug-likeness (QED) is 0.612. The average molecular weight is 417 g/mol. The largest absolute Gasteiger partial charge is 0.480 e. The van der Waals surface area contributed by atoms with Crippen LogP contribution in [0.3, 0.4) is 0 Å². The summed E-state index contributed by atoms with van der Waals surface area (Å²) in [4.78, 5) is 29.7. The minimum atomic E-state index is -0.984. The second-order valence-corrected chi connectivity index (χ2v) is 8.72. The molecule has 2 N–H and O–H groups in total. The molecule has 3 atom stereocenters. The van der Waals surface area contributed by atoms with Gasteiger partial charge in [-0.2, -0.15) is 0 Å². The van der Waals surface area contributed by atoms with Crippen molar-refractivity contribution in [2.45, 2.75) is 37.8 Å². The van der Waals surface area contributed by atoms with Crippen LogP contribution in [0.15, 0.2) is 74.5 Å². The van der Waals surface area contributed by atoms with E-state index < -0.39 is 17.1 Å². The van der Waals surface area contributed by atoms with Gasteiger partial charge < -0.3 is 14.5 Å². The number of carbonyl (C=O) groups is 1. The van der Waals surface area contributed by atoms with E-state index in [9.17, 15) is 9.59 Å². The maximum absolute atomic E-state index is 13.2. The van der Waals surface area contributed by atoms with Crippen LogP contribution in [0.25, 0.3) is 11.0 Å². The molecule has 3 aliphatic rings. The Morgan fingerprint density at radius 3 is 2.81 bits per heavy atom. The number of fused-ring (bicyclic) bond motifs is 4. The highest BCUT2D eigenvalue weighted by Gasteiger charge is 2.43. The molecule has 6 heteroatoms. The van der Waals surface area contributed by atoms with Crippen molar-refractivity contribution in [2.75, 3.05) is 6.54 Å². The lowest BCUT2D eigenvalue weighted by molar-refractivity contribution is -0.609. The summed E-state index contributed by atoms with van der Waals surface area (Å²) in [6.45, 7) is 4.11. The van der Waals surface area contributed by atoms with Crippen molar-refractivity contribution >= 4 is 23.0 Å². The van der Waals surface area contributed by atoms with E-state index >= 15 is 0 Å². The molecule has 6 nitrogen and oxygen atoms in total. The molecule has 158 valence electrons. The molecular formula is C25H25N2O4+. The third kappa shape index (κ3) is 3.47. The Kier molecular flexibility index (Phi) is 4.74. The van der Waals surface area contributed by atoms with Crippen molar-refractivity contribution in [3.8, 4) is 5.75 Å². The lowest BCUT2D eigenvalue weighted by Crippen LogP contribution is -2.83. The van der Waals surface area contributed by atoms with Crippen molar-refractivity contribution in [2.24, 2.45) is 10.9 Å². The number of ketones is 1. The molecule has 31 heavy (non-hydrogen) atoms. The standard InChI is InChI=1S/C25H24N2O4/c1-25(2)24(29)18(14-26-12-11-16-13-27-19-6-4-3-5-17(16)19)22-20(31-25)9-7-15-8-10-21(28)30-23(15)22/h3-10,13-14,17-19,27H,11-12H2,1-2H3/p+1/t17-,18+,19+/m1/s1. The normalized spacial score (nSPS) is 26.1. The van der Waals surface area contributed by atoms with Gasteiger partial charge in [0.2, 0.25) is 0 Å². The Morgan fingerprint density at radius 1 is 1.13 bits per heavy atom. The maximum Gasteiger partial charge on any atom is 0.336 e. The molecule has 0 saturated heterocycles. The molecule has 1 aromatic heterocycles. The number of benzene rings is 1. The fourth-order valence-corrected chi connectivity index (χ4v) is 4.64. The average Bonchev–Trinajstić information content (AvgIpc) is 3.16. The van der Waals surface area contributed by atoms with Gasteiger partial charge >= 0.3 is 5.63 Å². The first-order valence-corrected chi connectivity index (χ1v) is 10.6. The van der Waals surface area contributed by atoms with Gasteiger partial charge in [0, 0.05) is 24.2 Å². The van der Waals surface area contributed by atoms with E-state index in [1.807, 2.05) is 12.1 Å². The van der Waals surface area contributed by atoms with Gasteiger partial charge in [-0.15, -0.1) is 0 Å². The zero-order valence-corrected chi connectivity index (χ0v) is 17.6. The number of nitrogens with zero attached hydrogens (tertiary/aromatic N) is 1. The Balaban J connectivity index is 1.43. The molecule has 0 saturated carbocycles. The summed E-state index contributed by atoms with van der Waals surface area (Å²) in [5, 5.41) is 2.99. The van der Waals surface area contributed by atoms with E-state index in [1.165, 1.54) is 11.6 Å². The fraction of sp³-hybridized carbons (Fsp3) is 0.320. The number of quaternary nitrogens is 1. The van der Waals surface area contributed by atoms with Gasteiger partial charge in [0.15, 0.2) is 11.4 Å². The number of allylic oxidation sites excluding steroid dienone is 2. The van der Waals surface area contributed by atoms with E-state index in [-0.39, 0.29) is 5.78 Å². The van der Waals surface area contributed by atoms with Crippen LogP contribution in [-0.4, -0.2) is 30.2 Å². The lowest BCUT2D eigenvalue weighted by atomic mass is 9.83. The molecule has 0 spiro atoms. The highest BCUT2D eigenvalue weighted by atomic mass is 16.5. The number of carbonyl (C=O) groups excluding carboxylic acids is 1. The minimum absolute atomic E-state index is 0.100. The highest BCUT2D eigenvalue weighted by molar-refractivity contribution is 6.09. The number of nitrogens with two attached hydrogens (primary N) is 1. The van der Waals surface area contributed by atoms with Gasteiger partial charge in [-0.3, -0.25) is 9.79 Å². The van der Waals surface area contributed by atoms with E-state index in [2.05, 4.69) is 40.8 Å². The first-order valence-electron chi connectivity index (χ1n) is 10.6. The summed E-state index contributed by atoms with van der Waals surface area (Å²) >= 11 is 0. The second kappa shape index (κ2) is 7.46. The maximum atomic E-state index is 13.2. The third-order valence-electron chi connectivity index (χ3n) is 6.26. The molecule has 2 aliphatic heterocycles. The monoisotopic (exact) mass is 417 g/mol. The molecule has 5 rings (SSSR count). The number of hydrogen-bond acceptors (Lipinski definition) is 5. The molecule has 0 amide bonds. The van der Waals surface area contributed by atoms with E-state index in [0.717, 1.165) is 11.8 Å². The molecule has 0 radical (unpaired) electrons. The first kappa shape index (κ1) is 19.7. The van der Waals surface area contributed by atoms with Crippen LogP contribution in [0.1, 0.15) is 31.7 Å². The van der Waals surface area contributed by atoms with E-state index in [4.69, 9.17) is 9.15 Å². The number of aliphatic imine (C=N–C) groups is 1. The fourth-order valence-electron chi connectivity index (χ4n) is 4.64. The summed E-state index contributed by atoms with van der Waals surface area (Å²) in [6.07, 6.45) is 13.4. The Bertz CT molecular complexity index is 1230. The summed E-state index contributed by atoms with van der Waals surface area (Å²) < 4.78 is 11.4. The zero-order valence-electron chi connectivity index (χ0n) is 17.6. The van der Waals surface area contributed by atoms with E-state index in [0.29, 0.717) is 35.4 Å². The summed E-state index contributed by atoms with van der Waals surface area (Å²) in [5.41, 5.74) is 0.889. The van der Waals surface area contributed by atoms with Crippen LogP contribution in [0.2, 0.25) is 0 Å². The highest BCUT2D eigenvalue weighted by Crippen LogP contribution is 2.41. The van der Waals surface area contributed by atoms with Crippen molar-refractivity contribution in [3.05, 3.63) is 76.3 Å². The SMILES string of the molecule is CC1(C)Oc2ccc3ccc(=O)oc3c2[C@H](C=NCCC2=C[NH2+][C@H]3C=CC=C[C@H]23)C1=O. The Morgan fingerprint density at radius 2 is 1.94 bits per heavy atom. The van der Waals surface area contributed by atoms with Crippen molar-refractivity contribution < 1.29 is 19.3 Å². The molecular weight excluding hydrogens is 392 g/mol. The molecule has 0 bridgehead atoms. The second-order valence-electron chi connectivity index (χ2n) is 8.72. The summed E-state index contributed by atoms with van der Waals surface area (Å²) in [7, 11) is 0. The minimum Gasteiger partial charge on any atom is -0.480 e. The molecule has 2 aromatic rings. The van der Waals surface area contributed by atoms with Crippen LogP contribution >= 0.6 is 0 Å². The molecule has 0 unspecified atom stereocenters. The van der Waals surface area contributed by atoms with E-state index in [1.54, 1.807) is 26.1 Å². The number of rotatable bonds is 4. The molecule has 0 fully saturated rings. The molecule has 1 aromatic carbocycles. The van der Waals surface area contributed by atoms with Crippen LogP contribution < -0.4 is 15.7 Å². The van der Waals surface area contributed by atoms with Gasteiger partial charge in [-0.1, -0.05) is 18.2 Å². The van der Waals surface area contributed by atoms with Crippen LogP contribution in [0.5, 0.6) is 5.75 Å². The van der Waals surface area contributed by atoms with Crippen molar-refractivity contribution in [1.82, 2.24) is 0 Å². The first-order chi connectivity index (χ1) is 14.9. The predicted molar refractivity (Wildman–Crippen MR) is 118 cm³/mol. The number of hydrogen-bond donors (Lipinski definition) is 1. The van der Waals surface area contributed by atoms with Crippen molar-refractivity contribution in [1.29, 1.82) is 0 Å². The van der Waals surface area contributed by atoms with Gasteiger partial charge in [0.25, 0.3) is 0 Å². The third-order valence-corrected chi connectivity index (χ3v) is 6.26. The topological polar surface area (TPSA) is 85.5 Å². The van der Waals surface area contributed by atoms with Gasteiger partial charge in [-0.25, -0.2) is 4.79 Å². The lowest BCUT2D eigenvalue weighted by Gasteiger charge is -2.34. The predicted octanol–water partition coefficient (Wildman–Crippen LogP) is 2.65. The summed E-state index contributed by atoms with van der Waals surface area (Å²) in [5.74, 6) is 0.250. The Hall–Kier alpha value is -3.25. The van der Waals surface area contributed by atoms with Crippen LogP contribution in [-0.2, 0) is 4.79 Å². The zero-order chi connectivity index (χ0) is 21.6. The molecule has 1 aliphatic carbocycles. The van der Waals surface area contributed by atoms with Gasteiger partial charge in [0.05, 0.1) is 23.6 Å². The molecule has 3 heterocycles. The number of ether oxygens (including phenoxy) is 1. The van der Waals surface area contributed by atoms with Gasteiger partial charge in [0.1, 0.15) is 17.4 Å². The Labute approximate surface area is 180 Å². The smallest absolute Gasteiger partial charge is 0.336 e.